The molecule has 0 unspecified atom stereocenters. The first-order valence-electron chi connectivity index (χ1n) is 7.78. The molecule has 132 valence electrons. The molecule has 1 atom stereocenters. The summed E-state index contributed by atoms with van der Waals surface area (Å²) >= 11 is 0. The molecule has 0 saturated carbocycles. The van der Waals surface area contributed by atoms with Crippen LogP contribution in [-0.2, 0) is 20.9 Å². The van der Waals surface area contributed by atoms with Crippen LogP contribution in [-0.4, -0.2) is 42.8 Å². The number of nitrogens with zero attached hydrogens (tertiary/aromatic N) is 1. The van der Waals surface area contributed by atoms with Gasteiger partial charge in [-0.2, -0.15) is 0 Å². The zero-order chi connectivity index (χ0) is 18.1. The smallest absolute Gasteiger partial charge is 0.247 e. The molecule has 1 aromatic rings. The van der Waals surface area contributed by atoms with Crippen molar-refractivity contribution in [3.63, 3.8) is 0 Å². The summed E-state index contributed by atoms with van der Waals surface area (Å²) in [4.78, 5) is 36.1. The Morgan fingerprint density at radius 3 is 2.62 bits per heavy atom. The van der Waals surface area contributed by atoms with E-state index in [0.717, 1.165) is 0 Å². The lowest BCUT2D eigenvalue weighted by atomic mass is 10.00. The Balaban J connectivity index is 2.72. The highest BCUT2D eigenvalue weighted by Gasteiger charge is 2.22. The van der Waals surface area contributed by atoms with Gasteiger partial charge in [-0.3, -0.25) is 14.4 Å². The molecule has 0 bridgehead atoms. The molecule has 0 fully saturated rings. The summed E-state index contributed by atoms with van der Waals surface area (Å²) in [6.45, 7) is 5.87. The number of likely N-dealkylation sites (N-methyl/N-ethyl adjacent to an activating group) is 1. The second-order valence-corrected chi connectivity index (χ2v) is 5.85. The predicted molar refractivity (Wildman–Crippen MR) is 89.8 cm³/mol. The molecule has 0 aliphatic heterocycles. The standard InChI is InChI=1S/C17H25N3O4/c1-12(2)15(20(4)16(22)10-18-11-21)8-13(3)17(23)19-9-14-6-5-7-24-14/h5-8,11-12,15H,9-10H2,1-4H3,(H,18,21)(H,19,23)/t15-/m1/s1. The molecule has 0 spiro atoms. The van der Waals surface area contributed by atoms with Gasteiger partial charge in [-0.1, -0.05) is 19.9 Å². The van der Waals surface area contributed by atoms with Gasteiger partial charge in [0.1, 0.15) is 5.76 Å². The fraction of sp³-hybridized carbons (Fsp3) is 0.471. The Labute approximate surface area is 142 Å². The van der Waals surface area contributed by atoms with Crippen molar-refractivity contribution < 1.29 is 18.8 Å². The molecule has 0 aromatic carbocycles. The first kappa shape index (κ1) is 19.5. The summed E-state index contributed by atoms with van der Waals surface area (Å²) in [5, 5.41) is 5.12. The van der Waals surface area contributed by atoms with E-state index in [1.807, 2.05) is 13.8 Å². The third kappa shape index (κ3) is 5.91. The Morgan fingerprint density at radius 2 is 2.08 bits per heavy atom. The summed E-state index contributed by atoms with van der Waals surface area (Å²) < 4.78 is 5.17. The fourth-order valence-electron chi connectivity index (χ4n) is 2.22. The van der Waals surface area contributed by atoms with Crippen molar-refractivity contribution in [3.8, 4) is 0 Å². The summed E-state index contributed by atoms with van der Waals surface area (Å²) in [6.07, 6.45) is 3.80. The van der Waals surface area contributed by atoms with Gasteiger partial charge in [0.15, 0.2) is 0 Å². The second kappa shape index (κ2) is 9.54. The molecule has 1 aromatic heterocycles. The van der Waals surface area contributed by atoms with Gasteiger partial charge in [0.2, 0.25) is 18.2 Å². The second-order valence-electron chi connectivity index (χ2n) is 5.85. The van der Waals surface area contributed by atoms with Gasteiger partial charge in [0.25, 0.3) is 0 Å². The van der Waals surface area contributed by atoms with Gasteiger partial charge < -0.3 is 20.0 Å². The summed E-state index contributed by atoms with van der Waals surface area (Å²) in [7, 11) is 1.66. The van der Waals surface area contributed by atoms with E-state index in [1.165, 1.54) is 4.90 Å². The first-order valence-corrected chi connectivity index (χ1v) is 7.78. The van der Waals surface area contributed by atoms with Crippen LogP contribution in [0, 0.1) is 5.92 Å². The van der Waals surface area contributed by atoms with Crippen LogP contribution < -0.4 is 10.6 Å². The number of amides is 3. The first-order chi connectivity index (χ1) is 11.4. The molecule has 24 heavy (non-hydrogen) atoms. The molecule has 0 radical (unpaired) electrons. The molecule has 3 amide bonds. The van der Waals surface area contributed by atoms with Gasteiger partial charge in [-0.15, -0.1) is 0 Å². The van der Waals surface area contributed by atoms with E-state index in [1.54, 1.807) is 38.4 Å². The Hall–Kier alpha value is -2.57. The average molecular weight is 335 g/mol. The van der Waals surface area contributed by atoms with Crippen LogP contribution in [0.15, 0.2) is 34.5 Å². The average Bonchev–Trinajstić information content (AvgIpc) is 3.07. The normalized spacial score (nSPS) is 12.6. The number of hydrogen-bond acceptors (Lipinski definition) is 4. The Morgan fingerprint density at radius 1 is 1.38 bits per heavy atom. The van der Waals surface area contributed by atoms with Crippen molar-refractivity contribution in [3.05, 3.63) is 35.8 Å². The van der Waals surface area contributed by atoms with Crippen molar-refractivity contribution in [2.45, 2.75) is 33.4 Å². The largest absolute Gasteiger partial charge is 0.467 e. The summed E-state index contributed by atoms with van der Waals surface area (Å²) in [5.41, 5.74) is 0.517. The van der Waals surface area contributed by atoms with Crippen LogP contribution in [0.25, 0.3) is 0 Å². The minimum atomic E-state index is -0.250. The lowest BCUT2D eigenvalue weighted by molar-refractivity contribution is -0.132. The third-order valence-electron chi connectivity index (χ3n) is 3.64. The number of furan rings is 1. The lowest BCUT2D eigenvalue weighted by Gasteiger charge is -2.29. The maximum Gasteiger partial charge on any atom is 0.247 e. The van der Waals surface area contributed by atoms with Gasteiger partial charge in [0, 0.05) is 12.6 Å². The predicted octanol–water partition coefficient (Wildman–Crippen LogP) is 1.07. The molecule has 7 nitrogen and oxygen atoms in total. The van der Waals surface area contributed by atoms with Gasteiger partial charge in [-0.25, -0.2) is 0 Å². The lowest BCUT2D eigenvalue weighted by Crippen LogP contribution is -2.43. The highest BCUT2D eigenvalue weighted by atomic mass is 16.3. The number of hydrogen-bond donors (Lipinski definition) is 2. The van der Waals surface area contributed by atoms with Crippen LogP contribution in [0.3, 0.4) is 0 Å². The molecule has 0 aliphatic carbocycles. The Kier molecular flexibility index (Phi) is 7.74. The number of rotatable bonds is 9. The number of carbonyl (C=O) groups excluding carboxylic acids is 3. The van der Waals surface area contributed by atoms with Crippen molar-refractivity contribution in [2.24, 2.45) is 5.92 Å². The minimum absolute atomic E-state index is 0.0687. The minimum Gasteiger partial charge on any atom is -0.467 e. The molecule has 7 heteroatoms. The van der Waals surface area contributed by atoms with Crippen molar-refractivity contribution in [1.29, 1.82) is 0 Å². The van der Waals surface area contributed by atoms with Crippen LogP contribution >= 0.6 is 0 Å². The van der Waals surface area contributed by atoms with Gasteiger partial charge in [-0.05, 0) is 25.0 Å². The monoisotopic (exact) mass is 335 g/mol. The van der Waals surface area contributed by atoms with Crippen molar-refractivity contribution in [1.82, 2.24) is 15.5 Å². The van der Waals surface area contributed by atoms with Crippen molar-refractivity contribution in [2.75, 3.05) is 13.6 Å². The molecule has 0 aliphatic rings. The highest BCUT2D eigenvalue weighted by Crippen LogP contribution is 2.13. The summed E-state index contributed by atoms with van der Waals surface area (Å²) in [6, 6.07) is 3.29. The summed E-state index contributed by atoms with van der Waals surface area (Å²) in [5.74, 6) is 0.344. The highest BCUT2D eigenvalue weighted by molar-refractivity contribution is 5.93. The maximum atomic E-state index is 12.2. The molecule has 1 heterocycles. The van der Waals surface area contributed by atoms with Crippen molar-refractivity contribution >= 4 is 18.2 Å². The van der Waals surface area contributed by atoms with Gasteiger partial charge in [0.05, 0.1) is 25.4 Å². The third-order valence-corrected chi connectivity index (χ3v) is 3.64. The van der Waals surface area contributed by atoms with E-state index in [2.05, 4.69) is 10.6 Å². The van der Waals surface area contributed by atoms with E-state index in [0.29, 0.717) is 24.3 Å². The number of carbonyl (C=O) groups is 3. The molecular formula is C17H25N3O4. The van der Waals surface area contributed by atoms with Crippen LogP contribution in [0.4, 0.5) is 0 Å². The Bertz CT molecular complexity index is 579. The van der Waals surface area contributed by atoms with E-state index in [4.69, 9.17) is 4.42 Å². The van der Waals surface area contributed by atoms with E-state index in [-0.39, 0.29) is 30.3 Å². The number of nitrogens with one attached hydrogen (secondary N) is 2. The van der Waals surface area contributed by atoms with Crippen LogP contribution in [0.5, 0.6) is 0 Å². The zero-order valence-corrected chi connectivity index (χ0v) is 14.5. The molecule has 1 rings (SSSR count). The van der Waals surface area contributed by atoms with E-state index < -0.39 is 0 Å². The van der Waals surface area contributed by atoms with E-state index >= 15 is 0 Å². The molecule has 0 saturated heterocycles. The van der Waals surface area contributed by atoms with Crippen LogP contribution in [0.1, 0.15) is 26.5 Å². The van der Waals surface area contributed by atoms with Crippen LogP contribution in [0.2, 0.25) is 0 Å². The fourth-order valence-corrected chi connectivity index (χ4v) is 2.22. The SMILES string of the molecule is CC(=C[C@H](C(C)C)N(C)C(=O)CNC=O)C(=O)NCc1ccco1. The maximum absolute atomic E-state index is 12.2. The quantitative estimate of drug-likeness (QED) is 0.522. The topological polar surface area (TPSA) is 91.7 Å². The van der Waals surface area contributed by atoms with E-state index in [9.17, 15) is 14.4 Å². The van der Waals surface area contributed by atoms with Gasteiger partial charge >= 0.3 is 0 Å². The molecular weight excluding hydrogens is 310 g/mol. The molecule has 2 N–H and O–H groups in total. The zero-order valence-electron chi connectivity index (χ0n) is 14.5.